The van der Waals surface area contributed by atoms with Gasteiger partial charge in [-0.05, 0) is 84.6 Å². The zero-order valence-corrected chi connectivity index (χ0v) is 20.7. The summed E-state index contributed by atoms with van der Waals surface area (Å²) in [6.45, 7) is 11.5. The normalized spacial score (nSPS) is 18.6. The molecule has 6 heteroatoms. The van der Waals surface area contributed by atoms with E-state index in [1.165, 1.54) is 5.56 Å². The number of aryl methyl sites for hydroxylation is 2. The molecule has 1 aromatic carbocycles. The minimum absolute atomic E-state index is 0.0907. The van der Waals surface area contributed by atoms with E-state index in [0.717, 1.165) is 36.9 Å². The predicted molar refractivity (Wildman–Crippen MR) is 128 cm³/mol. The highest BCUT2D eigenvalue weighted by Crippen LogP contribution is 2.38. The van der Waals surface area contributed by atoms with Gasteiger partial charge in [-0.3, -0.25) is 9.78 Å². The van der Waals surface area contributed by atoms with Crippen molar-refractivity contribution >= 4 is 11.9 Å². The Hall–Kier alpha value is -2.76. The SMILES string of the molecule is CCOC(=O)c1nc(-c2ccc(C3CCC(CC(=O)OC(C)(C)C)CC3)cc2)c(C)nc1C. The topological polar surface area (TPSA) is 78.4 Å². The van der Waals surface area contributed by atoms with Crippen LogP contribution < -0.4 is 0 Å². The van der Waals surface area contributed by atoms with E-state index in [1.807, 2.05) is 27.7 Å². The van der Waals surface area contributed by atoms with Gasteiger partial charge in [-0.15, -0.1) is 0 Å². The Morgan fingerprint density at radius 1 is 0.970 bits per heavy atom. The first-order chi connectivity index (χ1) is 15.6. The largest absolute Gasteiger partial charge is 0.461 e. The second-order valence-electron chi connectivity index (χ2n) is 9.94. The molecule has 0 spiro atoms. The van der Waals surface area contributed by atoms with Gasteiger partial charge >= 0.3 is 11.9 Å². The molecule has 1 aromatic heterocycles. The molecule has 1 heterocycles. The molecule has 1 aliphatic rings. The zero-order chi connectivity index (χ0) is 24.2. The summed E-state index contributed by atoms with van der Waals surface area (Å²) < 4.78 is 10.6. The molecule has 0 unspecified atom stereocenters. The third-order valence-corrected chi connectivity index (χ3v) is 6.09. The lowest BCUT2D eigenvalue weighted by Gasteiger charge is -2.29. The van der Waals surface area contributed by atoms with Crippen LogP contribution in [0.5, 0.6) is 0 Å². The Balaban J connectivity index is 1.65. The summed E-state index contributed by atoms with van der Waals surface area (Å²) >= 11 is 0. The van der Waals surface area contributed by atoms with E-state index in [2.05, 4.69) is 34.2 Å². The van der Waals surface area contributed by atoms with Gasteiger partial charge in [0.05, 0.1) is 23.7 Å². The number of carbonyl (C=O) groups is 2. The van der Waals surface area contributed by atoms with Crippen LogP contribution in [0, 0.1) is 19.8 Å². The molecule has 0 radical (unpaired) electrons. The lowest BCUT2D eigenvalue weighted by atomic mass is 9.77. The third kappa shape index (κ3) is 6.62. The van der Waals surface area contributed by atoms with Gasteiger partial charge in [0.25, 0.3) is 0 Å². The second-order valence-corrected chi connectivity index (χ2v) is 9.94. The van der Waals surface area contributed by atoms with Crippen LogP contribution in [-0.4, -0.2) is 34.1 Å². The molecule has 0 bridgehead atoms. The Bertz CT molecular complexity index is 984. The van der Waals surface area contributed by atoms with Crippen molar-refractivity contribution in [3.8, 4) is 11.3 Å². The number of ether oxygens (including phenoxy) is 2. The molecule has 33 heavy (non-hydrogen) atoms. The molecule has 0 atom stereocenters. The molecular formula is C27H36N2O4. The van der Waals surface area contributed by atoms with Gasteiger partial charge in [0, 0.05) is 12.0 Å². The quantitative estimate of drug-likeness (QED) is 0.505. The number of carbonyl (C=O) groups excluding carboxylic acids is 2. The highest BCUT2D eigenvalue weighted by molar-refractivity contribution is 5.89. The number of esters is 2. The smallest absolute Gasteiger partial charge is 0.358 e. The summed E-state index contributed by atoms with van der Waals surface area (Å²) in [6, 6.07) is 8.42. The van der Waals surface area contributed by atoms with E-state index in [0.29, 0.717) is 36.3 Å². The first kappa shape index (κ1) is 24.9. The van der Waals surface area contributed by atoms with Crippen molar-refractivity contribution in [2.45, 2.75) is 85.2 Å². The first-order valence-corrected chi connectivity index (χ1v) is 11.9. The fraction of sp³-hybridized carbons (Fsp3) is 0.556. The van der Waals surface area contributed by atoms with E-state index >= 15 is 0 Å². The summed E-state index contributed by atoms with van der Waals surface area (Å²) in [4.78, 5) is 33.5. The lowest BCUT2D eigenvalue weighted by molar-refractivity contribution is -0.156. The van der Waals surface area contributed by atoms with Crippen LogP contribution in [0.2, 0.25) is 0 Å². The molecule has 0 N–H and O–H groups in total. The van der Waals surface area contributed by atoms with Gasteiger partial charge in [-0.25, -0.2) is 9.78 Å². The molecule has 0 amide bonds. The fourth-order valence-corrected chi connectivity index (χ4v) is 4.53. The Morgan fingerprint density at radius 2 is 1.61 bits per heavy atom. The van der Waals surface area contributed by atoms with Gasteiger partial charge in [0.2, 0.25) is 0 Å². The average molecular weight is 453 g/mol. The van der Waals surface area contributed by atoms with Crippen molar-refractivity contribution in [3.63, 3.8) is 0 Å². The maximum atomic E-state index is 12.2. The van der Waals surface area contributed by atoms with Crippen molar-refractivity contribution in [1.82, 2.24) is 9.97 Å². The summed E-state index contributed by atoms with van der Waals surface area (Å²) in [5.41, 5.74) is 4.16. The second kappa shape index (κ2) is 10.4. The first-order valence-electron chi connectivity index (χ1n) is 11.9. The highest BCUT2D eigenvalue weighted by Gasteiger charge is 2.26. The molecular weight excluding hydrogens is 416 g/mol. The maximum Gasteiger partial charge on any atom is 0.358 e. The average Bonchev–Trinajstić information content (AvgIpc) is 2.73. The van der Waals surface area contributed by atoms with Gasteiger partial charge in [-0.2, -0.15) is 0 Å². The Morgan fingerprint density at radius 3 is 2.18 bits per heavy atom. The van der Waals surface area contributed by atoms with Crippen molar-refractivity contribution in [2.75, 3.05) is 6.61 Å². The molecule has 0 saturated heterocycles. The standard InChI is InChI=1S/C27H36N2O4/c1-7-32-26(31)25-18(3)28-17(2)24(29-25)22-14-12-21(13-15-22)20-10-8-19(9-11-20)16-23(30)33-27(4,5)6/h12-15,19-20H,7-11,16H2,1-6H3. The van der Waals surface area contributed by atoms with Gasteiger partial charge in [-0.1, -0.05) is 24.3 Å². The summed E-state index contributed by atoms with van der Waals surface area (Å²) in [6.07, 6.45) is 4.73. The van der Waals surface area contributed by atoms with E-state index in [9.17, 15) is 9.59 Å². The number of hydrogen-bond acceptors (Lipinski definition) is 6. The van der Waals surface area contributed by atoms with Crippen LogP contribution in [0.15, 0.2) is 24.3 Å². The van der Waals surface area contributed by atoms with Crippen molar-refractivity contribution in [3.05, 3.63) is 46.9 Å². The molecule has 0 aliphatic heterocycles. The van der Waals surface area contributed by atoms with Gasteiger partial charge in [0.15, 0.2) is 5.69 Å². The van der Waals surface area contributed by atoms with E-state index < -0.39 is 11.6 Å². The lowest BCUT2D eigenvalue weighted by Crippen LogP contribution is -2.26. The number of benzene rings is 1. The highest BCUT2D eigenvalue weighted by atomic mass is 16.6. The summed E-state index contributed by atoms with van der Waals surface area (Å²) in [5.74, 6) is 0.368. The van der Waals surface area contributed by atoms with Crippen LogP contribution in [0.3, 0.4) is 0 Å². The number of nitrogens with zero attached hydrogens (tertiary/aromatic N) is 2. The molecule has 178 valence electrons. The van der Waals surface area contributed by atoms with Crippen molar-refractivity contribution < 1.29 is 19.1 Å². The molecule has 6 nitrogen and oxygen atoms in total. The minimum atomic E-state index is -0.441. The predicted octanol–water partition coefficient (Wildman–Crippen LogP) is 5.94. The molecule has 1 fully saturated rings. The van der Waals surface area contributed by atoms with Crippen molar-refractivity contribution in [2.24, 2.45) is 5.92 Å². The van der Waals surface area contributed by atoms with Crippen LogP contribution in [0.1, 0.15) is 93.2 Å². The fourth-order valence-electron chi connectivity index (χ4n) is 4.53. The molecule has 2 aromatic rings. The van der Waals surface area contributed by atoms with E-state index in [-0.39, 0.29) is 11.7 Å². The molecule has 1 aliphatic carbocycles. The van der Waals surface area contributed by atoms with E-state index in [1.54, 1.807) is 13.8 Å². The number of hydrogen-bond donors (Lipinski definition) is 0. The Labute approximate surface area is 197 Å². The minimum Gasteiger partial charge on any atom is -0.461 e. The molecule has 3 rings (SSSR count). The third-order valence-electron chi connectivity index (χ3n) is 6.09. The summed E-state index contributed by atoms with van der Waals surface area (Å²) in [7, 11) is 0. The Kier molecular flexibility index (Phi) is 7.88. The van der Waals surface area contributed by atoms with Gasteiger partial charge < -0.3 is 9.47 Å². The van der Waals surface area contributed by atoms with Crippen LogP contribution in [0.25, 0.3) is 11.3 Å². The van der Waals surface area contributed by atoms with Gasteiger partial charge in [0.1, 0.15) is 5.60 Å². The monoisotopic (exact) mass is 452 g/mol. The number of aromatic nitrogens is 2. The van der Waals surface area contributed by atoms with Crippen LogP contribution >= 0.6 is 0 Å². The van der Waals surface area contributed by atoms with Crippen LogP contribution in [0.4, 0.5) is 0 Å². The number of rotatable bonds is 6. The summed E-state index contributed by atoms with van der Waals surface area (Å²) in [5, 5.41) is 0. The van der Waals surface area contributed by atoms with Crippen molar-refractivity contribution in [1.29, 1.82) is 0 Å². The molecule has 1 saturated carbocycles. The zero-order valence-electron chi connectivity index (χ0n) is 20.7. The van der Waals surface area contributed by atoms with Crippen LogP contribution in [-0.2, 0) is 14.3 Å². The maximum absolute atomic E-state index is 12.2. The van der Waals surface area contributed by atoms with E-state index in [4.69, 9.17) is 9.47 Å².